The summed E-state index contributed by atoms with van der Waals surface area (Å²) in [7, 11) is 5.74. The number of rotatable bonds is 8. The SMILES string of the molecule is CN(C)CCN(C)C(=O)COc1ccc(-c2cc(-c3cc4c([nH]3)CCNC4=O)ccn2)cc1. The number of ether oxygens (including phenoxy) is 1. The van der Waals surface area contributed by atoms with Crippen molar-refractivity contribution in [1.29, 1.82) is 0 Å². The van der Waals surface area contributed by atoms with Crippen molar-refractivity contribution in [3.05, 3.63) is 59.9 Å². The first kappa shape index (κ1) is 22.5. The quantitative estimate of drug-likeness (QED) is 0.554. The molecule has 2 aromatic heterocycles. The molecular formula is C25H29N5O3. The van der Waals surface area contributed by atoms with Crippen molar-refractivity contribution < 1.29 is 14.3 Å². The fourth-order valence-corrected chi connectivity index (χ4v) is 3.66. The van der Waals surface area contributed by atoms with Crippen LogP contribution in [-0.2, 0) is 11.2 Å². The molecule has 0 spiro atoms. The Labute approximate surface area is 193 Å². The molecule has 3 aromatic rings. The lowest BCUT2D eigenvalue weighted by Gasteiger charge is -2.19. The van der Waals surface area contributed by atoms with Crippen LogP contribution in [0, 0.1) is 0 Å². The molecule has 1 aliphatic rings. The lowest BCUT2D eigenvalue weighted by atomic mass is 10.1. The Hall–Kier alpha value is -3.65. The van der Waals surface area contributed by atoms with Crippen molar-refractivity contribution in [1.82, 2.24) is 25.1 Å². The van der Waals surface area contributed by atoms with Gasteiger partial charge >= 0.3 is 0 Å². The smallest absolute Gasteiger partial charge is 0.260 e. The van der Waals surface area contributed by atoms with Crippen molar-refractivity contribution in [3.63, 3.8) is 0 Å². The Morgan fingerprint density at radius 1 is 1.06 bits per heavy atom. The van der Waals surface area contributed by atoms with Gasteiger partial charge in [-0.15, -0.1) is 0 Å². The van der Waals surface area contributed by atoms with Gasteiger partial charge in [0.1, 0.15) is 5.75 Å². The average Bonchev–Trinajstić information content (AvgIpc) is 3.27. The van der Waals surface area contributed by atoms with Gasteiger partial charge in [-0.25, -0.2) is 0 Å². The van der Waals surface area contributed by atoms with Crippen molar-refractivity contribution >= 4 is 11.8 Å². The highest BCUT2D eigenvalue weighted by Crippen LogP contribution is 2.28. The summed E-state index contributed by atoms with van der Waals surface area (Å²) in [6.45, 7) is 2.12. The molecule has 0 bridgehead atoms. The fourth-order valence-electron chi connectivity index (χ4n) is 3.66. The van der Waals surface area contributed by atoms with Gasteiger partial charge in [0.2, 0.25) is 0 Å². The third-order valence-corrected chi connectivity index (χ3v) is 5.70. The number of fused-ring (bicyclic) bond motifs is 1. The molecule has 8 heteroatoms. The molecule has 3 heterocycles. The summed E-state index contributed by atoms with van der Waals surface area (Å²) in [5.41, 5.74) is 5.29. The Bertz CT molecular complexity index is 1140. The first-order valence-electron chi connectivity index (χ1n) is 11.0. The van der Waals surface area contributed by atoms with Crippen LogP contribution in [0.25, 0.3) is 22.5 Å². The summed E-state index contributed by atoms with van der Waals surface area (Å²) in [5.74, 6) is 0.538. The van der Waals surface area contributed by atoms with E-state index in [2.05, 4.69) is 15.3 Å². The Kier molecular flexibility index (Phi) is 6.74. The van der Waals surface area contributed by atoms with E-state index in [0.717, 1.165) is 41.2 Å². The number of carbonyl (C=O) groups excluding carboxylic acids is 2. The number of likely N-dealkylation sites (N-methyl/N-ethyl adjacent to an activating group) is 2. The van der Waals surface area contributed by atoms with E-state index in [1.807, 2.05) is 61.5 Å². The second-order valence-electron chi connectivity index (χ2n) is 8.44. The third-order valence-electron chi connectivity index (χ3n) is 5.70. The molecule has 1 aromatic carbocycles. The Balaban J connectivity index is 1.41. The second kappa shape index (κ2) is 9.87. The van der Waals surface area contributed by atoms with E-state index in [9.17, 15) is 9.59 Å². The molecule has 0 unspecified atom stereocenters. The molecule has 0 aliphatic carbocycles. The normalized spacial score (nSPS) is 12.9. The number of pyridine rings is 1. The zero-order chi connectivity index (χ0) is 23.4. The number of aromatic nitrogens is 2. The van der Waals surface area contributed by atoms with E-state index >= 15 is 0 Å². The number of aromatic amines is 1. The van der Waals surface area contributed by atoms with Gasteiger partial charge in [0.25, 0.3) is 11.8 Å². The molecule has 0 saturated carbocycles. The molecule has 4 rings (SSSR count). The third kappa shape index (κ3) is 5.40. The average molecular weight is 448 g/mol. The van der Waals surface area contributed by atoms with Gasteiger partial charge in [0.05, 0.1) is 11.3 Å². The van der Waals surface area contributed by atoms with E-state index in [1.165, 1.54) is 0 Å². The summed E-state index contributed by atoms with van der Waals surface area (Å²) in [4.78, 5) is 35.9. The molecule has 0 atom stereocenters. The maximum Gasteiger partial charge on any atom is 0.260 e. The van der Waals surface area contributed by atoms with Crippen LogP contribution < -0.4 is 10.1 Å². The van der Waals surface area contributed by atoms with Crippen LogP contribution in [0.3, 0.4) is 0 Å². The molecule has 172 valence electrons. The zero-order valence-corrected chi connectivity index (χ0v) is 19.2. The number of H-pyrrole nitrogens is 1. The number of hydrogen-bond acceptors (Lipinski definition) is 5. The molecule has 0 radical (unpaired) electrons. The van der Waals surface area contributed by atoms with Crippen LogP contribution >= 0.6 is 0 Å². The molecule has 0 saturated heterocycles. The maximum atomic E-state index is 12.2. The summed E-state index contributed by atoms with van der Waals surface area (Å²) in [6.07, 6.45) is 2.56. The molecule has 33 heavy (non-hydrogen) atoms. The van der Waals surface area contributed by atoms with Gasteiger partial charge in [-0.1, -0.05) is 0 Å². The van der Waals surface area contributed by atoms with Crippen molar-refractivity contribution in [2.75, 3.05) is 47.4 Å². The van der Waals surface area contributed by atoms with E-state index < -0.39 is 0 Å². The molecule has 2 amide bonds. The summed E-state index contributed by atoms with van der Waals surface area (Å²) in [6, 6.07) is 13.3. The van der Waals surface area contributed by atoms with Crippen LogP contribution in [-0.4, -0.2) is 79.0 Å². The molecule has 2 N–H and O–H groups in total. The monoisotopic (exact) mass is 447 g/mol. The van der Waals surface area contributed by atoms with Gasteiger partial charge in [-0.3, -0.25) is 14.6 Å². The van der Waals surface area contributed by atoms with Crippen LogP contribution in [0.4, 0.5) is 0 Å². The number of carbonyl (C=O) groups is 2. The highest BCUT2D eigenvalue weighted by atomic mass is 16.5. The number of nitrogens with zero attached hydrogens (tertiary/aromatic N) is 3. The number of hydrogen-bond donors (Lipinski definition) is 2. The standard InChI is InChI=1S/C25H29N5O3/c1-29(2)12-13-30(3)24(31)16-33-19-6-4-17(5-7-19)22-14-18(8-10-26-22)23-15-20-21(28-23)9-11-27-25(20)32/h4-8,10,14-15,28H,9,11-13,16H2,1-3H3,(H,27,32). The van der Waals surface area contributed by atoms with Crippen molar-refractivity contribution in [3.8, 4) is 28.3 Å². The molecule has 8 nitrogen and oxygen atoms in total. The van der Waals surface area contributed by atoms with Crippen LogP contribution in [0.15, 0.2) is 48.7 Å². The molecule has 1 aliphatic heterocycles. The van der Waals surface area contributed by atoms with Gasteiger partial charge in [-0.05, 0) is 56.6 Å². The minimum Gasteiger partial charge on any atom is -0.484 e. The number of benzene rings is 1. The lowest BCUT2D eigenvalue weighted by molar-refractivity contribution is -0.132. The number of nitrogens with one attached hydrogen (secondary N) is 2. The highest BCUT2D eigenvalue weighted by Gasteiger charge is 2.20. The van der Waals surface area contributed by atoms with Gasteiger partial charge in [-0.2, -0.15) is 0 Å². The van der Waals surface area contributed by atoms with Crippen LogP contribution in [0.2, 0.25) is 0 Å². The molecule has 0 fully saturated rings. The molecular weight excluding hydrogens is 418 g/mol. The Morgan fingerprint density at radius 3 is 2.58 bits per heavy atom. The van der Waals surface area contributed by atoms with E-state index in [-0.39, 0.29) is 18.4 Å². The summed E-state index contributed by atoms with van der Waals surface area (Å²) >= 11 is 0. The first-order valence-corrected chi connectivity index (χ1v) is 11.0. The van der Waals surface area contributed by atoms with E-state index in [4.69, 9.17) is 4.74 Å². The summed E-state index contributed by atoms with van der Waals surface area (Å²) in [5, 5.41) is 2.87. The fraction of sp³-hybridized carbons (Fsp3) is 0.320. The van der Waals surface area contributed by atoms with Crippen molar-refractivity contribution in [2.24, 2.45) is 0 Å². The van der Waals surface area contributed by atoms with Gasteiger partial charge in [0, 0.05) is 61.8 Å². The number of amides is 2. The predicted molar refractivity (Wildman–Crippen MR) is 127 cm³/mol. The van der Waals surface area contributed by atoms with Gasteiger partial charge in [0.15, 0.2) is 6.61 Å². The van der Waals surface area contributed by atoms with Crippen LogP contribution in [0.5, 0.6) is 5.75 Å². The largest absolute Gasteiger partial charge is 0.484 e. The summed E-state index contributed by atoms with van der Waals surface area (Å²) < 4.78 is 5.67. The van der Waals surface area contributed by atoms with E-state index in [0.29, 0.717) is 24.4 Å². The van der Waals surface area contributed by atoms with E-state index in [1.54, 1.807) is 18.1 Å². The maximum absolute atomic E-state index is 12.2. The minimum absolute atomic E-state index is 0.00206. The van der Waals surface area contributed by atoms with Gasteiger partial charge < -0.3 is 24.8 Å². The highest BCUT2D eigenvalue weighted by molar-refractivity contribution is 5.97. The lowest BCUT2D eigenvalue weighted by Crippen LogP contribution is -2.36. The topological polar surface area (TPSA) is 90.6 Å². The Morgan fingerprint density at radius 2 is 1.85 bits per heavy atom. The van der Waals surface area contributed by atoms with Crippen LogP contribution in [0.1, 0.15) is 16.1 Å². The minimum atomic E-state index is -0.0578. The predicted octanol–water partition coefficient (Wildman–Crippen LogP) is 2.43. The second-order valence-corrected chi connectivity index (χ2v) is 8.44. The zero-order valence-electron chi connectivity index (χ0n) is 19.2. The van der Waals surface area contributed by atoms with Crippen molar-refractivity contribution in [2.45, 2.75) is 6.42 Å². The first-order chi connectivity index (χ1) is 15.9.